The Labute approximate surface area is 166 Å². The van der Waals surface area contributed by atoms with E-state index in [1.807, 2.05) is 17.0 Å². The van der Waals surface area contributed by atoms with Crippen molar-refractivity contribution in [3.05, 3.63) is 54.1 Å². The second-order valence-electron chi connectivity index (χ2n) is 6.17. The third-order valence-electron chi connectivity index (χ3n) is 3.96. The second-order valence-corrected chi connectivity index (χ2v) is 6.17. The molecule has 3 heterocycles. The lowest BCUT2D eigenvalue weighted by molar-refractivity contribution is 0.0662. The zero-order chi connectivity index (χ0) is 16.9. The second kappa shape index (κ2) is 10.3. The molecule has 6 nitrogen and oxygen atoms in total. The Morgan fingerprint density at radius 1 is 1.15 bits per heavy atom. The highest BCUT2D eigenvalue weighted by Gasteiger charge is 2.28. The van der Waals surface area contributed by atoms with Gasteiger partial charge in [0.15, 0.2) is 11.4 Å². The summed E-state index contributed by atoms with van der Waals surface area (Å²) in [6.45, 7) is 5.88. The Balaban J connectivity index is 0.00000169. The van der Waals surface area contributed by atoms with Crippen LogP contribution in [0.3, 0.4) is 0 Å². The molecular formula is C18H24Cl2N4O2. The summed E-state index contributed by atoms with van der Waals surface area (Å²) >= 11 is 0. The van der Waals surface area contributed by atoms with Crippen LogP contribution in [-0.4, -0.2) is 45.9 Å². The molecule has 0 spiro atoms. The summed E-state index contributed by atoms with van der Waals surface area (Å²) in [7, 11) is 0. The molecule has 0 bridgehead atoms. The van der Waals surface area contributed by atoms with Crippen molar-refractivity contribution in [2.45, 2.75) is 32.5 Å². The van der Waals surface area contributed by atoms with Gasteiger partial charge in [-0.3, -0.25) is 9.78 Å². The number of hydrogen-bond acceptors (Lipinski definition) is 5. The van der Waals surface area contributed by atoms with Gasteiger partial charge in [-0.05, 0) is 43.7 Å². The molecular weight excluding hydrogens is 375 g/mol. The van der Waals surface area contributed by atoms with E-state index in [0.29, 0.717) is 31.1 Å². The number of nitrogens with one attached hydrogen (secondary N) is 1. The smallest absolute Gasteiger partial charge is 0.276 e. The highest BCUT2D eigenvalue weighted by molar-refractivity contribution is 5.95. The van der Waals surface area contributed by atoms with E-state index in [1.165, 1.54) is 0 Å². The quantitative estimate of drug-likeness (QED) is 0.857. The molecule has 3 rings (SSSR count). The molecule has 0 aliphatic carbocycles. The van der Waals surface area contributed by atoms with Crippen LogP contribution in [0.5, 0.6) is 5.75 Å². The van der Waals surface area contributed by atoms with Crippen LogP contribution in [0.2, 0.25) is 0 Å². The number of ether oxygens (including phenoxy) is 1. The van der Waals surface area contributed by atoms with E-state index in [0.717, 1.165) is 5.56 Å². The first-order valence-electron chi connectivity index (χ1n) is 8.15. The number of hydrogen-bond donors (Lipinski definition) is 1. The van der Waals surface area contributed by atoms with E-state index in [9.17, 15) is 4.79 Å². The van der Waals surface area contributed by atoms with Crippen LogP contribution in [0, 0.1) is 0 Å². The molecule has 1 amide bonds. The zero-order valence-electron chi connectivity index (χ0n) is 14.8. The number of aromatic nitrogens is 2. The van der Waals surface area contributed by atoms with Gasteiger partial charge in [0.25, 0.3) is 5.91 Å². The molecule has 2 aromatic rings. The van der Waals surface area contributed by atoms with Gasteiger partial charge in [-0.1, -0.05) is 0 Å². The summed E-state index contributed by atoms with van der Waals surface area (Å²) in [6, 6.07) is 7.87. The predicted molar refractivity (Wildman–Crippen MR) is 105 cm³/mol. The molecule has 1 N–H and O–H groups in total. The van der Waals surface area contributed by atoms with Crippen LogP contribution >= 0.6 is 24.8 Å². The van der Waals surface area contributed by atoms with Crippen LogP contribution in [0.4, 0.5) is 0 Å². The van der Waals surface area contributed by atoms with Crippen molar-refractivity contribution in [3.63, 3.8) is 0 Å². The van der Waals surface area contributed by atoms with E-state index in [4.69, 9.17) is 4.74 Å². The molecule has 142 valence electrons. The van der Waals surface area contributed by atoms with Crippen molar-refractivity contribution in [2.75, 3.05) is 13.1 Å². The summed E-state index contributed by atoms with van der Waals surface area (Å²) in [5.41, 5.74) is 1.37. The topological polar surface area (TPSA) is 67.4 Å². The van der Waals surface area contributed by atoms with Gasteiger partial charge < -0.3 is 15.0 Å². The van der Waals surface area contributed by atoms with E-state index in [-0.39, 0.29) is 42.8 Å². The van der Waals surface area contributed by atoms with Gasteiger partial charge in [0.1, 0.15) is 6.61 Å². The molecule has 2 atom stereocenters. The van der Waals surface area contributed by atoms with Crippen molar-refractivity contribution in [1.82, 2.24) is 20.2 Å². The summed E-state index contributed by atoms with van der Waals surface area (Å²) in [5, 5.41) is 3.43. The number of nitrogens with zero attached hydrogens (tertiary/aromatic N) is 3. The molecule has 1 aliphatic heterocycles. The van der Waals surface area contributed by atoms with Crippen molar-refractivity contribution >= 4 is 30.7 Å². The van der Waals surface area contributed by atoms with Crippen LogP contribution < -0.4 is 10.1 Å². The van der Waals surface area contributed by atoms with Gasteiger partial charge in [0.05, 0.1) is 0 Å². The average Bonchev–Trinajstić information content (AvgIpc) is 2.59. The highest BCUT2D eigenvalue weighted by Crippen LogP contribution is 2.20. The first-order chi connectivity index (χ1) is 11.6. The van der Waals surface area contributed by atoms with Gasteiger partial charge in [0, 0.05) is 43.8 Å². The average molecular weight is 399 g/mol. The first-order valence-corrected chi connectivity index (χ1v) is 8.15. The summed E-state index contributed by atoms with van der Waals surface area (Å²) in [5.74, 6) is 0.429. The van der Waals surface area contributed by atoms with Gasteiger partial charge >= 0.3 is 0 Å². The van der Waals surface area contributed by atoms with Crippen molar-refractivity contribution in [3.8, 4) is 5.75 Å². The fraction of sp³-hybridized carbons (Fsp3) is 0.389. The van der Waals surface area contributed by atoms with Gasteiger partial charge in [-0.2, -0.15) is 0 Å². The number of pyridine rings is 2. The molecule has 26 heavy (non-hydrogen) atoms. The minimum Gasteiger partial charge on any atom is -0.486 e. The zero-order valence-corrected chi connectivity index (χ0v) is 16.4. The number of piperazine rings is 1. The Bertz CT molecular complexity index is 693. The molecule has 1 saturated heterocycles. The third kappa shape index (κ3) is 5.56. The molecule has 8 heteroatoms. The molecule has 2 aromatic heterocycles. The molecule has 2 unspecified atom stereocenters. The van der Waals surface area contributed by atoms with Crippen LogP contribution in [0.1, 0.15) is 29.9 Å². The summed E-state index contributed by atoms with van der Waals surface area (Å²) in [4.78, 5) is 23.0. The van der Waals surface area contributed by atoms with E-state index >= 15 is 0 Å². The van der Waals surface area contributed by atoms with E-state index in [1.54, 1.807) is 30.7 Å². The van der Waals surface area contributed by atoms with Crippen LogP contribution in [0.25, 0.3) is 0 Å². The molecule has 1 aliphatic rings. The predicted octanol–water partition coefficient (Wildman–Crippen LogP) is 2.72. The minimum atomic E-state index is -0.0828. The number of carbonyl (C=O) groups is 1. The highest BCUT2D eigenvalue weighted by atomic mass is 35.5. The first kappa shape index (κ1) is 22.2. The van der Waals surface area contributed by atoms with Gasteiger partial charge in [-0.15, -0.1) is 24.8 Å². The number of halogens is 2. The lowest BCUT2D eigenvalue weighted by Crippen LogP contribution is -2.56. The fourth-order valence-corrected chi connectivity index (χ4v) is 2.95. The van der Waals surface area contributed by atoms with E-state index in [2.05, 4.69) is 29.1 Å². The maximum atomic E-state index is 12.9. The maximum absolute atomic E-state index is 12.9. The Morgan fingerprint density at radius 3 is 2.46 bits per heavy atom. The lowest BCUT2D eigenvalue weighted by Gasteiger charge is -2.36. The van der Waals surface area contributed by atoms with Crippen molar-refractivity contribution < 1.29 is 9.53 Å². The van der Waals surface area contributed by atoms with E-state index < -0.39 is 0 Å². The largest absolute Gasteiger partial charge is 0.486 e. The fourth-order valence-electron chi connectivity index (χ4n) is 2.95. The minimum absolute atomic E-state index is 0. The van der Waals surface area contributed by atoms with Crippen LogP contribution in [0.15, 0.2) is 42.9 Å². The van der Waals surface area contributed by atoms with Gasteiger partial charge in [0.2, 0.25) is 0 Å². The molecule has 0 aromatic carbocycles. The van der Waals surface area contributed by atoms with Gasteiger partial charge in [-0.25, -0.2) is 4.98 Å². The maximum Gasteiger partial charge on any atom is 0.276 e. The lowest BCUT2D eigenvalue weighted by atomic mass is 10.1. The number of amides is 1. The standard InChI is InChI=1S/C18H22N4O2.2ClH/c1-13-10-22(11-14(2)21-13)18(23)17-16(4-3-7-20-17)24-12-15-5-8-19-9-6-15;;/h3-9,13-14,21H,10-12H2,1-2H3;2*1H. The Hall–Kier alpha value is -1.89. The third-order valence-corrected chi connectivity index (χ3v) is 3.96. The van der Waals surface area contributed by atoms with Crippen LogP contribution in [-0.2, 0) is 6.61 Å². The summed E-state index contributed by atoms with van der Waals surface area (Å²) in [6.07, 6.45) is 5.07. The Morgan fingerprint density at radius 2 is 1.81 bits per heavy atom. The molecule has 1 fully saturated rings. The monoisotopic (exact) mass is 398 g/mol. The summed E-state index contributed by atoms with van der Waals surface area (Å²) < 4.78 is 5.84. The SMILES string of the molecule is CC1CN(C(=O)c2ncccc2OCc2ccncc2)CC(C)N1.Cl.Cl. The number of rotatable bonds is 4. The number of carbonyl (C=O) groups excluding carboxylic acids is 1. The Kier molecular flexibility index (Phi) is 8.78. The normalized spacial score (nSPS) is 19.1. The molecule has 0 radical (unpaired) electrons. The molecule has 0 saturated carbocycles. The van der Waals surface area contributed by atoms with Crippen molar-refractivity contribution in [1.29, 1.82) is 0 Å². The van der Waals surface area contributed by atoms with Crippen molar-refractivity contribution in [2.24, 2.45) is 0 Å².